The van der Waals surface area contributed by atoms with Gasteiger partial charge in [-0.1, -0.05) is 62.4 Å². The molecule has 0 aromatic heterocycles. The van der Waals surface area contributed by atoms with Crippen molar-refractivity contribution in [3.05, 3.63) is 71.3 Å². The average molecular weight is 267 g/mol. The van der Waals surface area contributed by atoms with E-state index in [1.807, 2.05) is 49.4 Å². The first-order chi connectivity index (χ1) is 9.50. The Labute approximate surface area is 120 Å². The molecule has 0 bridgehead atoms. The number of rotatable bonds is 4. The highest BCUT2D eigenvalue weighted by molar-refractivity contribution is 5.95. The Kier molecular flexibility index (Phi) is 4.23. The maximum Gasteiger partial charge on any atom is 0.251 e. The van der Waals surface area contributed by atoms with Gasteiger partial charge in [0.15, 0.2) is 0 Å². The lowest BCUT2D eigenvalue weighted by molar-refractivity contribution is 0.0945. The van der Waals surface area contributed by atoms with Crippen LogP contribution in [0.3, 0.4) is 0 Å². The first-order valence-corrected chi connectivity index (χ1v) is 6.90. The molecular formula is C18H21NO. The fraction of sp³-hybridized carbons (Fsp3) is 0.278. The minimum absolute atomic E-state index is 0.00731. The third kappa shape index (κ3) is 3.27. The average Bonchev–Trinajstić information content (AvgIpc) is 2.46. The number of carbonyl (C=O) groups is 1. The zero-order valence-electron chi connectivity index (χ0n) is 12.3. The van der Waals surface area contributed by atoms with Crippen molar-refractivity contribution < 1.29 is 4.79 Å². The molecule has 20 heavy (non-hydrogen) atoms. The second kappa shape index (κ2) is 5.91. The smallest absolute Gasteiger partial charge is 0.251 e. The molecule has 2 aromatic rings. The first-order valence-electron chi connectivity index (χ1n) is 6.90. The third-order valence-corrected chi connectivity index (χ3v) is 3.64. The molecular weight excluding hydrogens is 246 g/mol. The zero-order valence-corrected chi connectivity index (χ0v) is 12.3. The molecule has 104 valence electrons. The number of hydrogen-bond acceptors (Lipinski definition) is 1. The van der Waals surface area contributed by atoms with Crippen LogP contribution in [0.2, 0.25) is 0 Å². The standard InChI is InChI=1S/C18H21NO/c1-14-9-7-8-12-16(14)17(20)19-13-18(2,3)15-10-5-4-6-11-15/h4-12H,13H2,1-3H3,(H,19,20). The van der Waals surface area contributed by atoms with Crippen LogP contribution in [-0.4, -0.2) is 12.5 Å². The van der Waals surface area contributed by atoms with E-state index in [-0.39, 0.29) is 11.3 Å². The summed E-state index contributed by atoms with van der Waals surface area (Å²) < 4.78 is 0. The Morgan fingerprint density at radius 2 is 1.60 bits per heavy atom. The van der Waals surface area contributed by atoms with Crippen LogP contribution in [0.15, 0.2) is 54.6 Å². The molecule has 0 aliphatic heterocycles. The fourth-order valence-electron chi connectivity index (χ4n) is 2.22. The predicted molar refractivity (Wildman–Crippen MR) is 83.0 cm³/mol. The first kappa shape index (κ1) is 14.3. The van der Waals surface area contributed by atoms with E-state index in [1.54, 1.807) is 0 Å². The Hall–Kier alpha value is -2.09. The van der Waals surface area contributed by atoms with Gasteiger partial charge in [0.1, 0.15) is 0 Å². The molecule has 0 fully saturated rings. The summed E-state index contributed by atoms with van der Waals surface area (Å²) in [6.07, 6.45) is 0. The van der Waals surface area contributed by atoms with Crippen molar-refractivity contribution in [3.63, 3.8) is 0 Å². The van der Waals surface area contributed by atoms with Gasteiger partial charge in [-0.3, -0.25) is 4.79 Å². The van der Waals surface area contributed by atoms with Gasteiger partial charge >= 0.3 is 0 Å². The highest BCUT2D eigenvalue weighted by Gasteiger charge is 2.21. The van der Waals surface area contributed by atoms with E-state index in [2.05, 4.69) is 31.3 Å². The van der Waals surface area contributed by atoms with Crippen molar-refractivity contribution in [3.8, 4) is 0 Å². The van der Waals surface area contributed by atoms with Gasteiger partial charge in [-0.05, 0) is 24.1 Å². The highest BCUT2D eigenvalue weighted by Crippen LogP contribution is 2.21. The summed E-state index contributed by atoms with van der Waals surface area (Å²) in [6.45, 7) is 6.85. The molecule has 1 N–H and O–H groups in total. The van der Waals surface area contributed by atoms with Crippen molar-refractivity contribution in [1.29, 1.82) is 0 Å². The molecule has 2 nitrogen and oxygen atoms in total. The Bertz CT molecular complexity index is 587. The van der Waals surface area contributed by atoms with Crippen LogP contribution < -0.4 is 5.32 Å². The van der Waals surface area contributed by atoms with E-state index < -0.39 is 0 Å². The van der Waals surface area contributed by atoms with Gasteiger partial charge in [0, 0.05) is 17.5 Å². The number of amides is 1. The highest BCUT2D eigenvalue weighted by atomic mass is 16.1. The monoisotopic (exact) mass is 267 g/mol. The molecule has 0 unspecified atom stereocenters. The van der Waals surface area contributed by atoms with Crippen molar-refractivity contribution in [2.24, 2.45) is 0 Å². The summed E-state index contributed by atoms with van der Waals surface area (Å²) in [4.78, 5) is 12.2. The summed E-state index contributed by atoms with van der Waals surface area (Å²) >= 11 is 0. The van der Waals surface area contributed by atoms with E-state index in [4.69, 9.17) is 0 Å². The number of aryl methyl sites for hydroxylation is 1. The Morgan fingerprint density at radius 3 is 2.25 bits per heavy atom. The van der Waals surface area contributed by atoms with E-state index >= 15 is 0 Å². The molecule has 0 aliphatic carbocycles. The Morgan fingerprint density at radius 1 is 1.00 bits per heavy atom. The van der Waals surface area contributed by atoms with Crippen LogP contribution >= 0.6 is 0 Å². The molecule has 0 spiro atoms. The summed E-state index contributed by atoms with van der Waals surface area (Å²) in [5, 5.41) is 3.04. The molecule has 0 heterocycles. The number of hydrogen-bond donors (Lipinski definition) is 1. The lowest BCUT2D eigenvalue weighted by atomic mass is 9.84. The molecule has 2 aromatic carbocycles. The van der Waals surface area contributed by atoms with Crippen molar-refractivity contribution in [1.82, 2.24) is 5.32 Å². The van der Waals surface area contributed by atoms with Crippen LogP contribution in [-0.2, 0) is 5.41 Å². The van der Waals surface area contributed by atoms with E-state index in [0.717, 1.165) is 11.1 Å². The van der Waals surface area contributed by atoms with E-state index in [1.165, 1.54) is 5.56 Å². The number of benzene rings is 2. The second-order valence-corrected chi connectivity index (χ2v) is 5.75. The predicted octanol–water partition coefficient (Wildman–Crippen LogP) is 3.70. The van der Waals surface area contributed by atoms with Gasteiger partial charge < -0.3 is 5.32 Å². The maximum absolute atomic E-state index is 12.2. The Balaban J connectivity index is 2.05. The van der Waals surface area contributed by atoms with Crippen molar-refractivity contribution in [2.75, 3.05) is 6.54 Å². The molecule has 2 heteroatoms. The summed E-state index contributed by atoms with van der Waals surface area (Å²) in [5.74, 6) is -0.00731. The molecule has 0 saturated carbocycles. The molecule has 0 aliphatic rings. The van der Waals surface area contributed by atoms with E-state index in [9.17, 15) is 4.79 Å². The van der Waals surface area contributed by atoms with Crippen LogP contribution in [0.25, 0.3) is 0 Å². The van der Waals surface area contributed by atoms with Crippen LogP contribution in [0, 0.1) is 6.92 Å². The maximum atomic E-state index is 12.2. The normalized spacial score (nSPS) is 11.2. The topological polar surface area (TPSA) is 29.1 Å². The molecule has 0 saturated heterocycles. The minimum atomic E-state index is -0.0837. The second-order valence-electron chi connectivity index (χ2n) is 5.75. The van der Waals surface area contributed by atoms with Gasteiger partial charge in [0.05, 0.1) is 0 Å². The van der Waals surface area contributed by atoms with Gasteiger partial charge in [0.2, 0.25) is 0 Å². The summed E-state index contributed by atoms with van der Waals surface area (Å²) in [7, 11) is 0. The quantitative estimate of drug-likeness (QED) is 0.899. The minimum Gasteiger partial charge on any atom is -0.351 e. The summed E-state index contributed by atoms with van der Waals surface area (Å²) in [6, 6.07) is 17.9. The molecule has 0 atom stereocenters. The van der Waals surface area contributed by atoms with Crippen molar-refractivity contribution in [2.45, 2.75) is 26.2 Å². The lowest BCUT2D eigenvalue weighted by Gasteiger charge is -2.25. The molecule has 0 radical (unpaired) electrons. The van der Waals surface area contributed by atoms with Crippen LogP contribution in [0.4, 0.5) is 0 Å². The van der Waals surface area contributed by atoms with Crippen LogP contribution in [0.5, 0.6) is 0 Å². The number of carbonyl (C=O) groups excluding carboxylic acids is 1. The SMILES string of the molecule is Cc1ccccc1C(=O)NCC(C)(C)c1ccccc1. The lowest BCUT2D eigenvalue weighted by Crippen LogP contribution is -2.36. The van der Waals surface area contributed by atoms with Crippen LogP contribution in [0.1, 0.15) is 35.3 Å². The third-order valence-electron chi connectivity index (χ3n) is 3.64. The van der Waals surface area contributed by atoms with Gasteiger partial charge in [-0.15, -0.1) is 0 Å². The fourth-order valence-corrected chi connectivity index (χ4v) is 2.22. The van der Waals surface area contributed by atoms with Gasteiger partial charge in [-0.25, -0.2) is 0 Å². The van der Waals surface area contributed by atoms with Gasteiger partial charge in [0.25, 0.3) is 5.91 Å². The largest absolute Gasteiger partial charge is 0.351 e. The summed E-state index contributed by atoms with van der Waals surface area (Å²) in [5.41, 5.74) is 2.89. The zero-order chi connectivity index (χ0) is 14.6. The van der Waals surface area contributed by atoms with Crippen molar-refractivity contribution >= 4 is 5.91 Å². The molecule has 2 rings (SSSR count). The van der Waals surface area contributed by atoms with E-state index in [0.29, 0.717) is 6.54 Å². The number of nitrogens with one attached hydrogen (secondary N) is 1. The molecule has 1 amide bonds. The van der Waals surface area contributed by atoms with Gasteiger partial charge in [-0.2, -0.15) is 0 Å².